The Bertz CT molecular complexity index is 732. The van der Waals surface area contributed by atoms with Crippen molar-refractivity contribution in [2.45, 2.75) is 19.5 Å². The molecule has 1 heterocycles. The molecule has 0 aliphatic carbocycles. The molecule has 0 spiro atoms. The Morgan fingerprint density at radius 1 is 1.05 bits per heavy atom. The molecular weight excluding hydrogens is 280 g/mol. The minimum Gasteiger partial charge on any atom is -0.306 e. The number of hydrogen-bond acceptors (Lipinski definition) is 2. The van der Waals surface area contributed by atoms with Gasteiger partial charge in [0.1, 0.15) is 0 Å². The van der Waals surface area contributed by atoms with Crippen LogP contribution < -0.4 is 5.32 Å². The third kappa shape index (κ3) is 3.23. The minimum atomic E-state index is 0.265. The Hall–Kier alpha value is -1.90. The molecule has 2 aromatic carbocycles. The molecule has 0 aliphatic heterocycles. The summed E-state index contributed by atoms with van der Waals surface area (Å²) in [6, 6.07) is 18.6. The van der Waals surface area contributed by atoms with E-state index in [4.69, 9.17) is 11.6 Å². The lowest BCUT2D eigenvalue weighted by Crippen LogP contribution is -2.18. The summed E-state index contributed by atoms with van der Waals surface area (Å²) in [6.45, 7) is 2.94. The van der Waals surface area contributed by atoms with Crippen LogP contribution in [-0.2, 0) is 6.54 Å². The van der Waals surface area contributed by atoms with Crippen molar-refractivity contribution in [3.63, 3.8) is 0 Å². The van der Waals surface area contributed by atoms with E-state index < -0.39 is 0 Å². The second kappa shape index (κ2) is 6.25. The molecular formula is C18H17ClN2. The summed E-state index contributed by atoms with van der Waals surface area (Å²) in [7, 11) is 0. The van der Waals surface area contributed by atoms with Gasteiger partial charge in [0.25, 0.3) is 0 Å². The van der Waals surface area contributed by atoms with E-state index in [0.29, 0.717) is 0 Å². The first-order valence-corrected chi connectivity index (χ1v) is 7.43. The maximum Gasteiger partial charge on any atom is 0.0746 e. The summed E-state index contributed by atoms with van der Waals surface area (Å²) in [6.07, 6.45) is 1.84. The van der Waals surface area contributed by atoms with Crippen LogP contribution in [0.25, 0.3) is 10.9 Å². The average molecular weight is 297 g/mol. The van der Waals surface area contributed by atoms with Crippen LogP contribution >= 0.6 is 11.6 Å². The lowest BCUT2D eigenvalue weighted by Gasteiger charge is -2.15. The Kier molecular flexibility index (Phi) is 4.18. The van der Waals surface area contributed by atoms with E-state index in [1.807, 2.05) is 24.4 Å². The van der Waals surface area contributed by atoms with Crippen molar-refractivity contribution >= 4 is 22.5 Å². The first kappa shape index (κ1) is 14.1. The maximum atomic E-state index is 5.93. The molecule has 0 aliphatic rings. The number of halogens is 1. The Labute approximate surface area is 129 Å². The van der Waals surface area contributed by atoms with Crippen LogP contribution in [0.1, 0.15) is 24.1 Å². The van der Waals surface area contributed by atoms with E-state index in [0.717, 1.165) is 17.1 Å². The highest BCUT2D eigenvalue weighted by Crippen LogP contribution is 2.19. The first-order chi connectivity index (χ1) is 10.2. The van der Waals surface area contributed by atoms with Crippen molar-refractivity contribution in [2.24, 2.45) is 0 Å². The largest absolute Gasteiger partial charge is 0.306 e. The number of benzene rings is 2. The number of hydrogen-bond donors (Lipinski definition) is 1. The fourth-order valence-electron chi connectivity index (χ4n) is 2.44. The summed E-state index contributed by atoms with van der Waals surface area (Å²) in [4.78, 5) is 4.49. The van der Waals surface area contributed by atoms with E-state index in [2.05, 4.69) is 53.6 Å². The zero-order valence-electron chi connectivity index (χ0n) is 11.9. The van der Waals surface area contributed by atoms with Crippen molar-refractivity contribution in [2.75, 3.05) is 0 Å². The molecule has 21 heavy (non-hydrogen) atoms. The van der Waals surface area contributed by atoms with Gasteiger partial charge in [-0.05, 0) is 36.2 Å². The van der Waals surface area contributed by atoms with Crippen LogP contribution in [0.15, 0.2) is 60.8 Å². The lowest BCUT2D eigenvalue weighted by atomic mass is 10.1. The number of nitrogens with one attached hydrogen (secondary N) is 1. The van der Waals surface area contributed by atoms with Gasteiger partial charge in [-0.15, -0.1) is 0 Å². The molecule has 0 bridgehead atoms. The maximum absolute atomic E-state index is 5.93. The third-order valence-corrected chi connectivity index (χ3v) is 3.94. The van der Waals surface area contributed by atoms with Crippen molar-refractivity contribution in [3.05, 3.63) is 76.9 Å². The van der Waals surface area contributed by atoms with Gasteiger partial charge in [0.05, 0.1) is 5.52 Å². The van der Waals surface area contributed by atoms with Crippen LogP contribution in [0, 0.1) is 0 Å². The third-order valence-electron chi connectivity index (χ3n) is 3.68. The number of pyridine rings is 1. The summed E-state index contributed by atoms with van der Waals surface area (Å²) in [5, 5.41) is 5.49. The SMILES string of the molecule is CC(NCc1cccc2cccnc12)c1ccc(Cl)cc1. The van der Waals surface area contributed by atoms with Crippen LogP contribution in [0.4, 0.5) is 0 Å². The second-order valence-electron chi connectivity index (χ2n) is 5.15. The van der Waals surface area contributed by atoms with E-state index in [-0.39, 0.29) is 6.04 Å². The topological polar surface area (TPSA) is 24.9 Å². The number of para-hydroxylation sites is 1. The van der Waals surface area contributed by atoms with Gasteiger partial charge in [0.2, 0.25) is 0 Å². The fraction of sp³-hybridized carbons (Fsp3) is 0.167. The van der Waals surface area contributed by atoms with Crippen molar-refractivity contribution in [1.82, 2.24) is 10.3 Å². The highest BCUT2D eigenvalue weighted by Gasteiger charge is 2.07. The lowest BCUT2D eigenvalue weighted by molar-refractivity contribution is 0.576. The molecule has 1 aromatic heterocycles. The standard InChI is InChI=1S/C18H17ClN2/c1-13(14-7-9-17(19)10-8-14)21-12-16-5-2-4-15-6-3-11-20-18(15)16/h2-11,13,21H,12H2,1H3. The van der Waals surface area contributed by atoms with Crippen molar-refractivity contribution in [3.8, 4) is 0 Å². The molecule has 1 unspecified atom stereocenters. The van der Waals surface area contributed by atoms with Crippen LogP contribution in [0.3, 0.4) is 0 Å². The number of fused-ring (bicyclic) bond motifs is 1. The Morgan fingerprint density at radius 2 is 1.81 bits per heavy atom. The average Bonchev–Trinajstić information content (AvgIpc) is 2.53. The molecule has 3 rings (SSSR count). The van der Waals surface area contributed by atoms with Gasteiger partial charge in [-0.2, -0.15) is 0 Å². The van der Waals surface area contributed by atoms with Gasteiger partial charge in [0.15, 0.2) is 0 Å². The molecule has 106 valence electrons. The molecule has 0 amide bonds. The number of nitrogens with zero attached hydrogens (tertiary/aromatic N) is 1. The van der Waals surface area contributed by atoms with E-state index >= 15 is 0 Å². The molecule has 1 atom stereocenters. The van der Waals surface area contributed by atoms with Gasteiger partial charge in [0, 0.05) is 29.2 Å². The summed E-state index contributed by atoms with van der Waals surface area (Å²) in [5.41, 5.74) is 3.51. The molecule has 1 N–H and O–H groups in total. The van der Waals surface area contributed by atoms with Crippen LogP contribution in [0.5, 0.6) is 0 Å². The van der Waals surface area contributed by atoms with E-state index in [1.165, 1.54) is 16.5 Å². The molecule has 3 aromatic rings. The van der Waals surface area contributed by atoms with Gasteiger partial charge >= 0.3 is 0 Å². The van der Waals surface area contributed by atoms with Crippen molar-refractivity contribution in [1.29, 1.82) is 0 Å². The quantitative estimate of drug-likeness (QED) is 0.752. The highest BCUT2D eigenvalue weighted by atomic mass is 35.5. The number of rotatable bonds is 4. The molecule has 0 saturated carbocycles. The zero-order chi connectivity index (χ0) is 14.7. The van der Waals surface area contributed by atoms with E-state index in [1.54, 1.807) is 0 Å². The molecule has 3 heteroatoms. The second-order valence-corrected chi connectivity index (χ2v) is 5.58. The van der Waals surface area contributed by atoms with Gasteiger partial charge < -0.3 is 5.32 Å². The van der Waals surface area contributed by atoms with Crippen LogP contribution in [0.2, 0.25) is 5.02 Å². The fourth-order valence-corrected chi connectivity index (χ4v) is 2.57. The summed E-state index contributed by atoms with van der Waals surface area (Å²) < 4.78 is 0. The van der Waals surface area contributed by atoms with Gasteiger partial charge in [-0.1, -0.05) is 48.0 Å². The predicted molar refractivity (Wildman–Crippen MR) is 88.4 cm³/mol. The zero-order valence-corrected chi connectivity index (χ0v) is 12.6. The Balaban J connectivity index is 1.76. The summed E-state index contributed by atoms with van der Waals surface area (Å²) in [5.74, 6) is 0. The first-order valence-electron chi connectivity index (χ1n) is 7.05. The molecule has 2 nitrogen and oxygen atoms in total. The smallest absolute Gasteiger partial charge is 0.0746 e. The monoisotopic (exact) mass is 296 g/mol. The molecule has 0 saturated heterocycles. The minimum absolute atomic E-state index is 0.265. The van der Waals surface area contributed by atoms with Gasteiger partial charge in [-0.25, -0.2) is 0 Å². The number of aromatic nitrogens is 1. The normalized spacial score (nSPS) is 12.5. The summed E-state index contributed by atoms with van der Waals surface area (Å²) >= 11 is 5.93. The van der Waals surface area contributed by atoms with Gasteiger partial charge in [-0.3, -0.25) is 4.98 Å². The van der Waals surface area contributed by atoms with Crippen molar-refractivity contribution < 1.29 is 0 Å². The highest BCUT2D eigenvalue weighted by molar-refractivity contribution is 6.30. The van der Waals surface area contributed by atoms with E-state index in [9.17, 15) is 0 Å². The molecule has 0 radical (unpaired) electrons. The van der Waals surface area contributed by atoms with Crippen LogP contribution in [-0.4, -0.2) is 4.98 Å². The Morgan fingerprint density at radius 3 is 2.62 bits per heavy atom. The predicted octanol–water partition coefficient (Wildman–Crippen LogP) is 4.74. The molecule has 0 fully saturated rings.